The standard InChI is InChI=1S/C16H24N2O2/c1-2-3-16(19)18-11-6-14(7-12-18)8-13-20-15-4-9-17-10-5-15/h4-5,9-10,14H,2-3,6-8,11-13H2,1H3. The van der Waals surface area contributed by atoms with Crippen molar-refractivity contribution in [2.45, 2.75) is 39.0 Å². The Labute approximate surface area is 121 Å². The average Bonchev–Trinajstić information content (AvgIpc) is 2.49. The topological polar surface area (TPSA) is 42.4 Å². The SMILES string of the molecule is CCCC(=O)N1CCC(CCOc2ccncc2)CC1. The predicted octanol–water partition coefficient (Wildman–Crippen LogP) is 2.89. The molecule has 0 bridgehead atoms. The van der Waals surface area contributed by atoms with E-state index >= 15 is 0 Å². The van der Waals surface area contributed by atoms with E-state index in [1.165, 1.54) is 0 Å². The minimum atomic E-state index is 0.319. The van der Waals surface area contributed by atoms with Gasteiger partial charge in [-0.15, -0.1) is 0 Å². The minimum Gasteiger partial charge on any atom is -0.493 e. The van der Waals surface area contributed by atoms with Gasteiger partial charge in [0.1, 0.15) is 5.75 Å². The van der Waals surface area contributed by atoms with Gasteiger partial charge in [-0.25, -0.2) is 0 Å². The maximum Gasteiger partial charge on any atom is 0.222 e. The fourth-order valence-corrected chi connectivity index (χ4v) is 2.62. The molecule has 0 unspecified atom stereocenters. The van der Waals surface area contributed by atoms with Crippen molar-refractivity contribution in [3.8, 4) is 5.75 Å². The molecule has 0 saturated carbocycles. The van der Waals surface area contributed by atoms with Crippen LogP contribution in [0.15, 0.2) is 24.5 Å². The smallest absolute Gasteiger partial charge is 0.222 e. The average molecular weight is 276 g/mol. The first-order valence-corrected chi connectivity index (χ1v) is 7.60. The van der Waals surface area contributed by atoms with Crippen molar-refractivity contribution in [1.29, 1.82) is 0 Å². The lowest BCUT2D eigenvalue weighted by atomic mass is 9.94. The van der Waals surface area contributed by atoms with Gasteiger partial charge < -0.3 is 9.64 Å². The number of amides is 1. The third-order valence-corrected chi connectivity index (χ3v) is 3.88. The quantitative estimate of drug-likeness (QED) is 0.802. The summed E-state index contributed by atoms with van der Waals surface area (Å²) < 4.78 is 5.70. The lowest BCUT2D eigenvalue weighted by Gasteiger charge is -2.32. The molecule has 0 aromatic carbocycles. The third kappa shape index (κ3) is 4.51. The summed E-state index contributed by atoms with van der Waals surface area (Å²) in [5.74, 6) is 1.89. The maximum atomic E-state index is 11.8. The lowest BCUT2D eigenvalue weighted by molar-refractivity contribution is -0.132. The molecule has 1 aliphatic heterocycles. The van der Waals surface area contributed by atoms with E-state index in [4.69, 9.17) is 4.74 Å². The molecular formula is C16H24N2O2. The van der Waals surface area contributed by atoms with Gasteiger partial charge in [0, 0.05) is 31.9 Å². The summed E-state index contributed by atoms with van der Waals surface area (Å²) in [5.41, 5.74) is 0. The van der Waals surface area contributed by atoms with Crippen LogP contribution in [0.3, 0.4) is 0 Å². The maximum absolute atomic E-state index is 11.8. The summed E-state index contributed by atoms with van der Waals surface area (Å²) in [6.07, 6.45) is 8.40. The molecule has 110 valence electrons. The van der Waals surface area contributed by atoms with Crippen LogP contribution in [-0.4, -0.2) is 35.5 Å². The Bertz CT molecular complexity index is 400. The largest absolute Gasteiger partial charge is 0.493 e. The zero-order valence-corrected chi connectivity index (χ0v) is 12.3. The predicted molar refractivity (Wildman–Crippen MR) is 78.6 cm³/mol. The van der Waals surface area contributed by atoms with Crippen LogP contribution in [0.25, 0.3) is 0 Å². The van der Waals surface area contributed by atoms with Crippen molar-refractivity contribution >= 4 is 5.91 Å². The molecule has 0 radical (unpaired) electrons. The highest BCUT2D eigenvalue weighted by atomic mass is 16.5. The Morgan fingerprint density at radius 3 is 2.70 bits per heavy atom. The molecular weight excluding hydrogens is 252 g/mol. The number of rotatable bonds is 6. The van der Waals surface area contributed by atoms with Crippen molar-refractivity contribution in [2.24, 2.45) is 5.92 Å². The second kappa shape index (κ2) is 7.88. The number of nitrogens with zero attached hydrogens (tertiary/aromatic N) is 2. The highest BCUT2D eigenvalue weighted by Crippen LogP contribution is 2.21. The number of likely N-dealkylation sites (tertiary alicyclic amines) is 1. The number of pyridine rings is 1. The minimum absolute atomic E-state index is 0.319. The van der Waals surface area contributed by atoms with Gasteiger partial charge in [-0.3, -0.25) is 9.78 Å². The zero-order chi connectivity index (χ0) is 14.2. The summed E-state index contributed by atoms with van der Waals surface area (Å²) in [4.78, 5) is 17.8. The van der Waals surface area contributed by atoms with Crippen molar-refractivity contribution in [3.05, 3.63) is 24.5 Å². The number of ether oxygens (including phenoxy) is 1. The van der Waals surface area contributed by atoms with E-state index in [9.17, 15) is 4.79 Å². The second-order valence-electron chi connectivity index (χ2n) is 5.39. The monoisotopic (exact) mass is 276 g/mol. The molecule has 4 nitrogen and oxygen atoms in total. The fourth-order valence-electron chi connectivity index (χ4n) is 2.62. The van der Waals surface area contributed by atoms with E-state index in [1.807, 2.05) is 17.0 Å². The Kier molecular flexibility index (Phi) is 5.84. The van der Waals surface area contributed by atoms with E-state index in [1.54, 1.807) is 12.4 Å². The van der Waals surface area contributed by atoms with Crippen LogP contribution in [-0.2, 0) is 4.79 Å². The molecule has 4 heteroatoms. The summed E-state index contributed by atoms with van der Waals surface area (Å²) in [6, 6.07) is 3.76. The van der Waals surface area contributed by atoms with Gasteiger partial charge >= 0.3 is 0 Å². The number of aromatic nitrogens is 1. The zero-order valence-electron chi connectivity index (χ0n) is 12.3. The molecule has 20 heavy (non-hydrogen) atoms. The van der Waals surface area contributed by atoms with E-state index in [0.29, 0.717) is 18.2 Å². The number of carbonyl (C=O) groups excluding carboxylic acids is 1. The molecule has 2 rings (SSSR count). The van der Waals surface area contributed by atoms with E-state index < -0.39 is 0 Å². The molecule has 0 spiro atoms. The number of piperidine rings is 1. The van der Waals surface area contributed by atoms with Crippen LogP contribution in [0.1, 0.15) is 39.0 Å². The van der Waals surface area contributed by atoms with Gasteiger partial charge in [0.25, 0.3) is 0 Å². The van der Waals surface area contributed by atoms with E-state index in [-0.39, 0.29) is 0 Å². The molecule has 1 aromatic rings. The lowest BCUT2D eigenvalue weighted by Crippen LogP contribution is -2.38. The molecule has 0 atom stereocenters. The highest BCUT2D eigenvalue weighted by Gasteiger charge is 2.21. The molecule has 0 N–H and O–H groups in total. The highest BCUT2D eigenvalue weighted by molar-refractivity contribution is 5.76. The summed E-state index contributed by atoms with van der Waals surface area (Å²) in [7, 11) is 0. The van der Waals surface area contributed by atoms with Crippen LogP contribution < -0.4 is 4.74 Å². The normalized spacial score (nSPS) is 16.1. The molecule has 1 aromatic heterocycles. The first-order chi connectivity index (χ1) is 9.79. The van der Waals surface area contributed by atoms with Gasteiger partial charge in [0.05, 0.1) is 6.61 Å². The van der Waals surface area contributed by atoms with E-state index in [2.05, 4.69) is 11.9 Å². The van der Waals surface area contributed by atoms with Gasteiger partial charge in [-0.05, 0) is 43.7 Å². The molecule has 1 aliphatic rings. The fraction of sp³-hybridized carbons (Fsp3) is 0.625. The van der Waals surface area contributed by atoms with Crippen molar-refractivity contribution in [3.63, 3.8) is 0 Å². The van der Waals surface area contributed by atoms with Gasteiger partial charge in [0.2, 0.25) is 5.91 Å². The molecule has 1 fully saturated rings. The Balaban J connectivity index is 1.63. The first-order valence-electron chi connectivity index (χ1n) is 7.60. The van der Waals surface area contributed by atoms with Crippen LogP contribution in [0.4, 0.5) is 0 Å². The molecule has 0 aliphatic carbocycles. The second-order valence-corrected chi connectivity index (χ2v) is 5.39. The summed E-state index contributed by atoms with van der Waals surface area (Å²) in [6.45, 7) is 4.64. The number of hydrogen-bond donors (Lipinski definition) is 0. The Morgan fingerprint density at radius 1 is 1.35 bits per heavy atom. The van der Waals surface area contributed by atoms with Crippen LogP contribution in [0.2, 0.25) is 0 Å². The van der Waals surface area contributed by atoms with Crippen molar-refractivity contribution in [1.82, 2.24) is 9.88 Å². The summed E-state index contributed by atoms with van der Waals surface area (Å²) in [5, 5.41) is 0. The summed E-state index contributed by atoms with van der Waals surface area (Å²) >= 11 is 0. The van der Waals surface area contributed by atoms with Crippen LogP contribution in [0.5, 0.6) is 5.75 Å². The van der Waals surface area contributed by atoms with Gasteiger partial charge in [0.15, 0.2) is 0 Å². The van der Waals surface area contributed by atoms with Crippen LogP contribution >= 0.6 is 0 Å². The van der Waals surface area contributed by atoms with E-state index in [0.717, 1.165) is 51.1 Å². The van der Waals surface area contributed by atoms with Crippen molar-refractivity contribution in [2.75, 3.05) is 19.7 Å². The van der Waals surface area contributed by atoms with Gasteiger partial charge in [-0.2, -0.15) is 0 Å². The Hall–Kier alpha value is -1.58. The third-order valence-electron chi connectivity index (χ3n) is 3.88. The molecule has 1 saturated heterocycles. The first kappa shape index (κ1) is 14.8. The number of carbonyl (C=O) groups is 1. The number of hydrogen-bond acceptors (Lipinski definition) is 3. The molecule has 2 heterocycles. The van der Waals surface area contributed by atoms with Crippen LogP contribution in [0, 0.1) is 5.92 Å². The molecule has 1 amide bonds. The Morgan fingerprint density at radius 2 is 2.05 bits per heavy atom. The van der Waals surface area contributed by atoms with Gasteiger partial charge in [-0.1, -0.05) is 6.92 Å². The van der Waals surface area contributed by atoms with Crippen molar-refractivity contribution < 1.29 is 9.53 Å².